The van der Waals surface area contributed by atoms with Crippen molar-refractivity contribution in [3.63, 3.8) is 0 Å². The van der Waals surface area contributed by atoms with Crippen molar-refractivity contribution in [3.8, 4) is 11.5 Å². The van der Waals surface area contributed by atoms with E-state index in [2.05, 4.69) is 5.73 Å². The van der Waals surface area contributed by atoms with Crippen molar-refractivity contribution in [2.45, 2.75) is 10.1 Å². The van der Waals surface area contributed by atoms with Gasteiger partial charge in [-0.3, -0.25) is 0 Å². The molecule has 2 aromatic rings. The summed E-state index contributed by atoms with van der Waals surface area (Å²) in [6.45, 7) is 0.195. The van der Waals surface area contributed by atoms with Crippen LogP contribution in [0.4, 0.5) is 0 Å². The molecule has 6 heteroatoms. The molecule has 0 fully saturated rings. The van der Waals surface area contributed by atoms with Crippen LogP contribution in [0.1, 0.15) is 10.8 Å². The Morgan fingerprint density at radius 3 is 2.27 bits per heavy atom. The van der Waals surface area contributed by atoms with E-state index in [-0.39, 0.29) is 11.4 Å². The van der Waals surface area contributed by atoms with Gasteiger partial charge in [0.1, 0.15) is 16.7 Å². The van der Waals surface area contributed by atoms with Crippen LogP contribution >= 0.6 is 0 Å². The maximum Gasteiger partial charge on any atom is 0.191 e. The van der Waals surface area contributed by atoms with E-state index in [9.17, 15) is 8.42 Å². The summed E-state index contributed by atoms with van der Waals surface area (Å²) in [6.07, 6.45) is 0. The number of hydrogen-bond acceptors (Lipinski definition) is 4. The smallest absolute Gasteiger partial charge is 0.191 e. The molecule has 0 amide bonds. The van der Waals surface area contributed by atoms with E-state index in [4.69, 9.17) is 9.47 Å². The van der Waals surface area contributed by atoms with Gasteiger partial charge in [0.15, 0.2) is 9.84 Å². The van der Waals surface area contributed by atoms with E-state index < -0.39 is 15.1 Å². The number of ether oxygens (including phenoxy) is 2. The quantitative estimate of drug-likeness (QED) is 0.873. The second kappa shape index (κ2) is 6.81. The highest BCUT2D eigenvalue weighted by Crippen LogP contribution is 2.35. The molecule has 5 nitrogen and oxygen atoms in total. The van der Waals surface area contributed by atoms with Crippen LogP contribution in [0.3, 0.4) is 0 Å². The van der Waals surface area contributed by atoms with Gasteiger partial charge in [0.2, 0.25) is 0 Å². The average molecular weight is 322 g/mol. The molecule has 0 bridgehead atoms. The third-order valence-electron chi connectivity index (χ3n) is 3.49. The topological polar surface area (TPSA) is 80.2 Å². The Balaban J connectivity index is 2.57. The minimum Gasteiger partial charge on any atom is -0.497 e. The highest BCUT2D eigenvalue weighted by molar-refractivity contribution is 7.91. The highest BCUT2D eigenvalue weighted by Gasteiger charge is 2.32. The number of quaternary nitrogens is 1. The lowest BCUT2D eigenvalue weighted by atomic mass is 10.1. The first-order valence-corrected chi connectivity index (χ1v) is 8.39. The van der Waals surface area contributed by atoms with Crippen molar-refractivity contribution in [1.82, 2.24) is 0 Å². The second-order valence-electron chi connectivity index (χ2n) is 4.74. The van der Waals surface area contributed by atoms with E-state index in [1.165, 1.54) is 14.2 Å². The predicted molar refractivity (Wildman–Crippen MR) is 83.7 cm³/mol. The van der Waals surface area contributed by atoms with Crippen LogP contribution < -0.4 is 15.2 Å². The number of benzene rings is 2. The van der Waals surface area contributed by atoms with Gasteiger partial charge in [0.25, 0.3) is 0 Å². The summed E-state index contributed by atoms with van der Waals surface area (Å²) in [5.41, 5.74) is 4.37. The Morgan fingerprint density at radius 1 is 1.05 bits per heavy atom. The van der Waals surface area contributed by atoms with Gasteiger partial charge in [-0.2, -0.15) is 0 Å². The molecule has 2 rings (SSSR count). The SMILES string of the molecule is COc1ccc(OC)c([C@H](C[NH3+])S(=O)(=O)c2ccccc2)c1. The molecule has 1 atom stereocenters. The Labute approximate surface area is 130 Å². The molecule has 0 heterocycles. The summed E-state index contributed by atoms with van der Waals surface area (Å²) in [7, 11) is -0.507. The average Bonchev–Trinajstić information content (AvgIpc) is 2.56. The minimum atomic E-state index is -3.56. The third-order valence-corrected chi connectivity index (χ3v) is 5.66. The van der Waals surface area contributed by atoms with E-state index in [0.29, 0.717) is 17.1 Å². The first-order chi connectivity index (χ1) is 10.5. The van der Waals surface area contributed by atoms with Gasteiger partial charge >= 0.3 is 0 Å². The zero-order chi connectivity index (χ0) is 16.2. The molecule has 0 aliphatic carbocycles. The summed E-state index contributed by atoms with van der Waals surface area (Å²) in [6, 6.07) is 13.5. The van der Waals surface area contributed by atoms with E-state index in [0.717, 1.165) is 0 Å². The Hall–Kier alpha value is -2.05. The molecule has 0 aromatic heterocycles. The lowest BCUT2D eigenvalue weighted by Gasteiger charge is -2.18. The standard InChI is InChI=1S/C16H19NO4S/c1-20-12-8-9-15(21-2)14(10-12)16(11-17)22(18,19)13-6-4-3-5-7-13/h3-10,16H,11,17H2,1-2H3/p+1/t16-/m0/s1. The predicted octanol–water partition coefficient (Wildman–Crippen LogP) is 1.46. The number of sulfone groups is 1. The largest absolute Gasteiger partial charge is 0.497 e. The minimum absolute atomic E-state index is 0.195. The Morgan fingerprint density at radius 2 is 1.73 bits per heavy atom. The lowest BCUT2D eigenvalue weighted by molar-refractivity contribution is -0.367. The van der Waals surface area contributed by atoms with Gasteiger partial charge in [0, 0.05) is 5.56 Å². The van der Waals surface area contributed by atoms with Gasteiger partial charge in [-0.25, -0.2) is 8.42 Å². The third kappa shape index (κ3) is 3.08. The van der Waals surface area contributed by atoms with Crippen LogP contribution in [0.25, 0.3) is 0 Å². The maximum atomic E-state index is 12.9. The van der Waals surface area contributed by atoms with E-state index >= 15 is 0 Å². The Kier molecular flexibility index (Phi) is 5.05. The van der Waals surface area contributed by atoms with E-state index in [1.807, 2.05) is 0 Å². The molecule has 0 aliphatic rings. The first kappa shape index (κ1) is 16.3. The van der Waals surface area contributed by atoms with Crippen molar-refractivity contribution < 1.29 is 23.6 Å². The molecule has 0 saturated carbocycles. The van der Waals surface area contributed by atoms with Gasteiger partial charge in [0.05, 0.1) is 25.7 Å². The summed E-state index contributed by atoms with van der Waals surface area (Å²) >= 11 is 0. The summed E-state index contributed by atoms with van der Waals surface area (Å²) in [5.74, 6) is 1.09. The van der Waals surface area contributed by atoms with Gasteiger partial charge in [-0.15, -0.1) is 0 Å². The van der Waals surface area contributed by atoms with Crippen LogP contribution in [0.5, 0.6) is 11.5 Å². The van der Waals surface area contributed by atoms with Crippen molar-refractivity contribution in [2.24, 2.45) is 0 Å². The lowest BCUT2D eigenvalue weighted by Crippen LogP contribution is -2.54. The zero-order valence-corrected chi connectivity index (χ0v) is 13.5. The Bertz CT molecular complexity index is 729. The monoisotopic (exact) mass is 322 g/mol. The van der Waals surface area contributed by atoms with Crippen molar-refractivity contribution in [1.29, 1.82) is 0 Å². The van der Waals surface area contributed by atoms with Crippen LogP contribution in [0.2, 0.25) is 0 Å². The molecule has 2 aromatic carbocycles. The molecule has 22 heavy (non-hydrogen) atoms. The van der Waals surface area contributed by atoms with Crippen LogP contribution in [-0.2, 0) is 9.84 Å². The van der Waals surface area contributed by atoms with Gasteiger partial charge in [-0.05, 0) is 30.3 Å². The molecular formula is C16H20NO4S+. The highest BCUT2D eigenvalue weighted by atomic mass is 32.2. The van der Waals surface area contributed by atoms with Gasteiger partial charge < -0.3 is 15.2 Å². The maximum absolute atomic E-state index is 12.9. The van der Waals surface area contributed by atoms with Crippen molar-refractivity contribution >= 4 is 9.84 Å². The first-order valence-electron chi connectivity index (χ1n) is 6.84. The molecule has 118 valence electrons. The van der Waals surface area contributed by atoms with E-state index in [1.54, 1.807) is 48.5 Å². The molecule has 0 saturated heterocycles. The van der Waals surface area contributed by atoms with Crippen molar-refractivity contribution in [3.05, 3.63) is 54.1 Å². The molecule has 3 N–H and O–H groups in total. The normalized spacial score (nSPS) is 12.7. The molecule has 0 radical (unpaired) electrons. The molecule has 0 unspecified atom stereocenters. The molecular weight excluding hydrogens is 302 g/mol. The molecule has 0 aliphatic heterocycles. The van der Waals surface area contributed by atoms with Crippen LogP contribution in [-0.4, -0.2) is 29.2 Å². The van der Waals surface area contributed by atoms with Crippen LogP contribution in [0.15, 0.2) is 53.4 Å². The number of methoxy groups -OCH3 is 2. The zero-order valence-electron chi connectivity index (χ0n) is 12.7. The van der Waals surface area contributed by atoms with Crippen molar-refractivity contribution in [2.75, 3.05) is 20.8 Å². The fraction of sp³-hybridized carbons (Fsp3) is 0.250. The summed E-state index contributed by atoms with van der Waals surface area (Å²) < 4.78 is 36.3. The molecule has 0 spiro atoms. The fourth-order valence-electron chi connectivity index (χ4n) is 2.34. The summed E-state index contributed by atoms with van der Waals surface area (Å²) in [5, 5.41) is -0.792. The number of hydrogen-bond donors (Lipinski definition) is 1. The van der Waals surface area contributed by atoms with Crippen LogP contribution in [0, 0.1) is 0 Å². The summed E-state index contributed by atoms with van der Waals surface area (Å²) in [4.78, 5) is 0.272. The van der Waals surface area contributed by atoms with Gasteiger partial charge in [-0.1, -0.05) is 18.2 Å². The fourth-order valence-corrected chi connectivity index (χ4v) is 4.04. The second-order valence-corrected chi connectivity index (χ2v) is 6.87. The number of rotatable bonds is 6.